The van der Waals surface area contributed by atoms with Crippen LogP contribution in [0.3, 0.4) is 0 Å². The molecule has 0 spiro atoms. The summed E-state index contributed by atoms with van der Waals surface area (Å²) in [5.41, 5.74) is 0.546. The van der Waals surface area contributed by atoms with Crippen LogP contribution in [0.4, 0.5) is 13.6 Å². The number of imide groups is 1. The number of urea groups is 1. The van der Waals surface area contributed by atoms with Gasteiger partial charge in [-0.1, -0.05) is 19.9 Å². The average molecular weight is 282 g/mol. The van der Waals surface area contributed by atoms with Crippen molar-refractivity contribution in [2.45, 2.75) is 32.2 Å². The monoisotopic (exact) mass is 282 g/mol. The second-order valence-electron chi connectivity index (χ2n) is 4.93. The number of nitrogens with one attached hydrogen (secondary N) is 1. The SMILES string of the molecule is CC[C@@H]1NC(=O)N(CC(C)c2ccc(F)c(F)c2)C1=O. The van der Waals surface area contributed by atoms with Gasteiger partial charge in [-0.25, -0.2) is 13.6 Å². The van der Waals surface area contributed by atoms with Crippen molar-refractivity contribution in [3.8, 4) is 0 Å². The first-order chi connectivity index (χ1) is 9.43. The zero-order valence-electron chi connectivity index (χ0n) is 11.3. The topological polar surface area (TPSA) is 49.4 Å². The molecular formula is C14H16F2N2O2. The van der Waals surface area contributed by atoms with Gasteiger partial charge < -0.3 is 5.32 Å². The lowest BCUT2D eigenvalue weighted by molar-refractivity contribution is -0.127. The van der Waals surface area contributed by atoms with Gasteiger partial charge in [-0.3, -0.25) is 9.69 Å². The number of carbonyl (C=O) groups is 2. The Morgan fingerprint density at radius 3 is 2.55 bits per heavy atom. The van der Waals surface area contributed by atoms with Gasteiger partial charge in [0, 0.05) is 6.54 Å². The molecule has 2 rings (SSSR count). The van der Waals surface area contributed by atoms with Crippen LogP contribution < -0.4 is 5.32 Å². The molecule has 0 radical (unpaired) electrons. The fourth-order valence-corrected chi connectivity index (χ4v) is 2.22. The number of benzene rings is 1. The van der Waals surface area contributed by atoms with E-state index in [4.69, 9.17) is 0 Å². The number of hydrogen-bond acceptors (Lipinski definition) is 2. The number of rotatable bonds is 4. The van der Waals surface area contributed by atoms with Crippen molar-refractivity contribution in [3.63, 3.8) is 0 Å². The van der Waals surface area contributed by atoms with Crippen LogP contribution in [0.2, 0.25) is 0 Å². The van der Waals surface area contributed by atoms with E-state index >= 15 is 0 Å². The predicted octanol–water partition coefficient (Wildman–Crippen LogP) is 2.40. The third-order valence-corrected chi connectivity index (χ3v) is 3.48. The van der Waals surface area contributed by atoms with Crippen molar-refractivity contribution in [3.05, 3.63) is 35.4 Å². The highest BCUT2D eigenvalue weighted by atomic mass is 19.2. The van der Waals surface area contributed by atoms with E-state index in [9.17, 15) is 18.4 Å². The fraction of sp³-hybridized carbons (Fsp3) is 0.429. The Morgan fingerprint density at radius 2 is 2.00 bits per heavy atom. The molecule has 4 nitrogen and oxygen atoms in total. The predicted molar refractivity (Wildman–Crippen MR) is 69.1 cm³/mol. The quantitative estimate of drug-likeness (QED) is 0.862. The molecule has 1 aromatic rings. The number of amides is 3. The molecule has 20 heavy (non-hydrogen) atoms. The molecule has 1 aliphatic rings. The lowest BCUT2D eigenvalue weighted by Gasteiger charge is -2.19. The minimum absolute atomic E-state index is 0.145. The van der Waals surface area contributed by atoms with Gasteiger partial charge in [0.05, 0.1) is 0 Å². The van der Waals surface area contributed by atoms with Gasteiger partial charge in [0.15, 0.2) is 11.6 Å². The zero-order valence-corrected chi connectivity index (χ0v) is 11.3. The Bertz CT molecular complexity index is 548. The molecule has 1 heterocycles. The Balaban J connectivity index is 2.11. The Hall–Kier alpha value is -1.98. The van der Waals surface area contributed by atoms with Crippen LogP contribution in [-0.2, 0) is 4.79 Å². The van der Waals surface area contributed by atoms with Gasteiger partial charge >= 0.3 is 6.03 Å². The molecule has 0 saturated carbocycles. The second-order valence-corrected chi connectivity index (χ2v) is 4.93. The summed E-state index contributed by atoms with van der Waals surface area (Å²) >= 11 is 0. The number of nitrogens with zero attached hydrogens (tertiary/aromatic N) is 1. The minimum atomic E-state index is -0.932. The van der Waals surface area contributed by atoms with Crippen molar-refractivity contribution in [1.82, 2.24) is 10.2 Å². The van der Waals surface area contributed by atoms with Crippen molar-refractivity contribution >= 4 is 11.9 Å². The average Bonchev–Trinajstić information content (AvgIpc) is 2.69. The van der Waals surface area contributed by atoms with Gasteiger partial charge in [-0.2, -0.15) is 0 Å². The van der Waals surface area contributed by atoms with Crippen LogP contribution in [0, 0.1) is 11.6 Å². The molecule has 0 aromatic heterocycles. The molecule has 1 fully saturated rings. The first-order valence-corrected chi connectivity index (χ1v) is 6.50. The van der Waals surface area contributed by atoms with Crippen molar-refractivity contribution in [1.29, 1.82) is 0 Å². The van der Waals surface area contributed by atoms with Gasteiger partial charge in [-0.15, -0.1) is 0 Å². The third-order valence-electron chi connectivity index (χ3n) is 3.48. The molecule has 3 amide bonds. The molecule has 2 atom stereocenters. The first kappa shape index (κ1) is 14.4. The standard InChI is InChI=1S/C14H16F2N2O2/c1-3-12-13(19)18(14(20)17-12)7-8(2)9-4-5-10(15)11(16)6-9/h4-6,8,12H,3,7H2,1-2H3,(H,17,20)/t8?,12-/m0/s1. The smallest absolute Gasteiger partial charge is 0.324 e. The highest BCUT2D eigenvalue weighted by Crippen LogP contribution is 2.21. The van der Waals surface area contributed by atoms with Gasteiger partial charge in [-0.05, 0) is 30.0 Å². The molecular weight excluding hydrogens is 266 g/mol. The Morgan fingerprint density at radius 1 is 1.30 bits per heavy atom. The van der Waals surface area contributed by atoms with E-state index in [1.54, 1.807) is 6.92 Å². The summed E-state index contributed by atoms with van der Waals surface area (Å²) < 4.78 is 26.1. The van der Waals surface area contributed by atoms with Gasteiger partial charge in [0.25, 0.3) is 5.91 Å². The molecule has 6 heteroatoms. The van der Waals surface area contributed by atoms with E-state index in [2.05, 4.69) is 5.32 Å². The summed E-state index contributed by atoms with van der Waals surface area (Å²) in [6.07, 6.45) is 0.528. The summed E-state index contributed by atoms with van der Waals surface area (Å²) in [6, 6.07) is 2.67. The molecule has 1 aliphatic heterocycles. The molecule has 0 aliphatic carbocycles. The van der Waals surface area contributed by atoms with Crippen LogP contribution in [0.25, 0.3) is 0 Å². The van der Waals surface area contributed by atoms with E-state index in [-0.39, 0.29) is 18.4 Å². The number of hydrogen-bond donors (Lipinski definition) is 1. The lowest BCUT2D eigenvalue weighted by atomic mass is 10.0. The molecule has 1 aromatic carbocycles. The highest BCUT2D eigenvalue weighted by Gasteiger charge is 2.37. The van der Waals surface area contributed by atoms with Crippen molar-refractivity contribution in [2.75, 3.05) is 6.54 Å². The first-order valence-electron chi connectivity index (χ1n) is 6.50. The Kier molecular flexibility index (Phi) is 4.01. The summed E-state index contributed by atoms with van der Waals surface area (Å²) in [5, 5.41) is 2.58. The van der Waals surface area contributed by atoms with E-state index in [1.807, 2.05) is 6.92 Å². The van der Waals surface area contributed by atoms with Crippen LogP contribution in [0.15, 0.2) is 18.2 Å². The molecule has 0 bridgehead atoms. The highest BCUT2D eigenvalue weighted by molar-refractivity contribution is 6.04. The van der Waals surface area contributed by atoms with E-state index in [0.717, 1.165) is 17.0 Å². The van der Waals surface area contributed by atoms with Crippen molar-refractivity contribution in [2.24, 2.45) is 0 Å². The van der Waals surface area contributed by atoms with E-state index in [0.29, 0.717) is 12.0 Å². The van der Waals surface area contributed by atoms with Crippen LogP contribution in [0.1, 0.15) is 31.7 Å². The van der Waals surface area contributed by atoms with Crippen LogP contribution in [0.5, 0.6) is 0 Å². The minimum Gasteiger partial charge on any atom is -0.326 e. The van der Waals surface area contributed by atoms with Gasteiger partial charge in [0.1, 0.15) is 6.04 Å². The maximum atomic E-state index is 13.2. The normalized spacial score (nSPS) is 20.2. The summed E-state index contributed by atoms with van der Waals surface area (Å²) in [6.45, 7) is 3.71. The van der Waals surface area contributed by atoms with Crippen LogP contribution in [-0.4, -0.2) is 29.4 Å². The van der Waals surface area contributed by atoms with Gasteiger partial charge in [0.2, 0.25) is 0 Å². The summed E-state index contributed by atoms with van der Waals surface area (Å²) in [5.74, 6) is -2.39. The summed E-state index contributed by atoms with van der Waals surface area (Å²) in [4.78, 5) is 24.8. The summed E-state index contributed by atoms with van der Waals surface area (Å²) in [7, 11) is 0. The zero-order chi connectivity index (χ0) is 14.9. The van der Waals surface area contributed by atoms with E-state index < -0.39 is 23.7 Å². The Labute approximate surface area is 115 Å². The molecule has 1 unspecified atom stereocenters. The lowest BCUT2D eigenvalue weighted by Crippen LogP contribution is -2.34. The fourth-order valence-electron chi connectivity index (χ4n) is 2.22. The second kappa shape index (κ2) is 5.56. The van der Waals surface area contributed by atoms with E-state index in [1.165, 1.54) is 6.07 Å². The molecule has 1 N–H and O–H groups in total. The largest absolute Gasteiger partial charge is 0.326 e. The third kappa shape index (κ3) is 2.64. The maximum absolute atomic E-state index is 13.2. The number of halogens is 2. The molecule has 1 saturated heterocycles. The molecule has 108 valence electrons. The van der Waals surface area contributed by atoms with Crippen molar-refractivity contribution < 1.29 is 18.4 Å². The maximum Gasteiger partial charge on any atom is 0.324 e. The van der Waals surface area contributed by atoms with Crippen LogP contribution >= 0.6 is 0 Å². The number of carbonyl (C=O) groups excluding carboxylic acids is 2.